The van der Waals surface area contributed by atoms with Gasteiger partial charge in [0, 0.05) is 78.5 Å². The van der Waals surface area contributed by atoms with Crippen molar-refractivity contribution in [3.8, 4) is 22.8 Å². The van der Waals surface area contributed by atoms with Gasteiger partial charge in [0.15, 0.2) is 11.5 Å². The van der Waals surface area contributed by atoms with Gasteiger partial charge in [0.1, 0.15) is 11.8 Å². The summed E-state index contributed by atoms with van der Waals surface area (Å²) in [5, 5.41) is 12.9. The molecule has 4 aromatic rings. The Kier molecular flexibility index (Phi) is 7.35. The molecule has 1 fully saturated rings. The normalized spacial score (nSPS) is 15.5. The maximum Gasteiger partial charge on any atom is 0.225 e. The summed E-state index contributed by atoms with van der Waals surface area (Å²) in [4.78, 5) is 15.5. The smallest absolute Gasteiger partial charge is 0.225 e. The van der Waals surface area contributed by atoms with Crippen LogP contribution in [0.15, 0.2) is 36.9 Å². The van der Waals surface area contributed by atoms with Crippen molar-refractivity contribution in [2.24, 2.45) is 5.41 Å². The first-order valence-electron chi connectivity index (χ1n) is 12.5. The number of anilines is 1. The number of aromatic amines is 1. The van der Waals surface area contributed by atoms with E-state index in [0.29, 0.717) is 33.1 Å². The lowest BCUT2D eigenvalue weighted by Crippen LogP contribution is -2.60. The quantitative estimate of drug-likeness (QED) is 0.271. The predicted octanol–water partition coefficient (Wildman–Crippen LogP) is 5.69. The Hall–Kier alpha value is -3.14. The fraction of sp³-hybridized carbons (Fsp3) is 0.407. The van der Waals surface area contributed by atoms with E-state index < -0.39 is 6.10 Å². The fourth-order valence-corrected chi connectivity index (χ4v) is 5.41. The molecule has 3 aromatic heterocycles. The summed E-state index contributed by atoms with van der Waals surface area (Å²) in [7, 11) is 1.59. The van der Waals surface area contributed by atoms with Gasteiger partial charge in [0.05, 0.1) is 22.7 Å². The lowest BCUT2D eigenvalue weighted by atomic mass is 9.82. The third-order valence-electron chi connectivity index (χ3n) is 6.72. The highest BCUT2D eigenvalue weighted by molar-refractivity contribution is 6.35. The van der Waals surface area contributed by atoms with E-state index in [2.05, 4.69) is 56.1 Å². The van der Waals surface area contributed by atoms with Crippen molar-refractivity contribution in [1.29, 1.82) is 0 Å². The second-order valence-electron chi connectivity index (χ2n) is 10.4. The first-order chi connectivity index (χ1) is 18.2. The minimum absolute atomic E-state index is 0.224. The van der Waals surface area contributed by atoms with Gasteiger partial charge in [0.25, 0.3) is 0 Å². The molecule has 1 saturated heterocycles. The summed E-state index contributed by atoms with van der Waals surface area (Å²) < 4.78 is 11.9. The average Bonchev–Trinajstić information content (AvgIpc) is 3.28. The fourth-order valence-electron chi connectivity index (χ4n) is 4.74. The molecule has 1 aliphatic rings. The Labute approximate surface area is 231 Å². The number of ether oxygens (including phenoxy) is 2. The third kappa shape index (κ3) is 5.23. The van der Waals surface area contributed by atoms with Crippen molar-refractivity contribution in [3.05, 3.63) is 52.5 Å². The van der Waals surface area contributed by atoms with Crippen LogP contribution in [-0.2, 0) is 0 Å². The van der Waals surface area contributed by atoms with Crippen molar-refractivity contribution < 1.29 is 9.47 Å². The molecule has 0 amide bonds. The van der Waals surface area contributed by atoms with Gasteiger partial charge in [-0.3, -0.25) is 10.1 Å². The topological polar surface area (TPSA) is 101 Å². The highest BCUT2D eigenvalue weighted by Crippen LogP contribution is 2.40. The molecule has 0 saturated carbocycles. The van der Waals surface area contributed by atoms with Crippen LogP contribution in [0, 0.1) is 5.41 Å². The number of nitrogens with zero attached hydrogens (tertiary/aromatic N) is 5. The number of H-pyrrole nitrogens is 1. The Bertz CT molecular complexity index is 1420. The largest absolute Gasteiger partial charge is 0.493 e. The molecule has 0 unspecified atom stereocenters. The molecule has 11 heteroatoms. The molecule has 5 rings (SSSR count). The van der Waals surface area contributed by atoms with Crippen LogP contribution in [0.1, 0.15) is 39.4 Å². The zero-order valence-corrected chi connectivity index (χ0v) is 23.6. The van der Waals surface area contributed by atoms with E-state index in [0.717, 1.165) is 47.7 Å². The van der Waals surface area contributed by atoms with Crippen LogP contribution in [0.3, 0.4) is 0 Å². The molecule has 0 bridgehead atoms. The number of aromatic nitrogens is 5. The third-order valence-corrected chi connectivity index (χ3v) is 7.33. The van der Waals surface area contributed by atoms with Gasteiger partial charge in [-0.05, 0) is 13.0 Å². The van der Waals surface area contributed by atoms with E-state index in [1.165, 1.54) is 0 Å². The number of hydrogen-bond acceptors (Lipinski definition) is 8. The van der Waals surface area contributed by atoms with Crippen LogP contribution in [0.4, 0.5) is 5.95 Å². The lowest BCUT2D eigenvalue weighted by Gasteiger charge is -2.48. The van der Waals surface area contributed by atoms with Crippen LogP contribution in [-0.4, -0.2) is 57.9 Å². The number of pyridine rings is 1. The molecular weight excluding hydrogens is 525 g/mol. The number of nitrogens with one attached hydrogen (secondary N) is 2. The predicted molar refractivity (Wildman–Crippen MR) is 150 cm³/mol. The Morgan fingerprint density at radius 2 is 1.74 bits per heavy atom. The Balaban J connectivity index is 1.37. The van der Waals surface area contributed by atoms with Crippen LogP contribution < -0.4 is 19.7 Å². The number of halogens is 2. The van der Waals surface area contributed by atoms with Gasteiger partial charge in [0.2, 0.25) is 5.95 Å². The molecule has 200 valence electrons. The minimum atomic E-state index is -0.444. The number of benzene rings is 1. The van der Waals surface area contributed by atoms with Crippen molar-refractivity contribution >= 4 is 40.1 Å². The summed E-state index contributed by atoms with van der Waals surface area (Å²) >= 11 is 12.7. The number of rotatable bonds is 9. The second kappa shape index (κ2) is 10.6. The molecular formula is C27H31Cl2N7O2. The summed E-state index contributed by atoms with van der Waals surface area (Å²) in [5.74, 6) is 1.81. The van der Waals surface area contributed by atoms with Crippen LogP contribution in [0.5, 0.6) is 11.5 Å². The van der Waals surface area contributed by atoms with Crippen LogP contribution in [0.25, 0.3) is 22.2 Å². The summed E-state index contributed by atoms with van der Waals surface area (Å²) in [6.45, 7) is 11.3. The molecule has 0 radical (unpaired) electrons. The average molecular weight is 556 g/mol. The highest BCUT2D eigenvalue weighted by Gasteiger charge is 2.39. The molecule has 1 aromatic carbocycles. The first kappa shape index (κ1) is 26.5. The Morgan fingerprint density at radius 3 is 2.37 bits per heavy atom. The maximum atomic E-state index is 6.35. The highest BCUT2D eigenvalue weighted by atomic mass is 35.5. The van der Waals surface area contributed by atoms with E-state index >= 15 is 0 Å². The maximum absolute atomic E-state index is 6.35. The zero-order valence-electron chi connectivity index (χ0n) is 22.0. The van der Waals surface area contributed by atoms with E-state index in [9.17, 15) is 0 Å². The van der Waals surface area contributed by atoms with E-state index in [1.54, 1.807) is 19.5 Å². The molecule has 38 heavy (non-hydrogen) atoms. The van der Waals surface area contributed by atoms with E-state index in [-0.39, 0.29) is 5.41 Å². The van der Waals surface area contributed by atoms with Gasteiger partial charge >= 0.3 is 0 Å². The zero-order chi connectivity index (χ0) is 27.0. The minimum Gasteiger partial charge on any atom is -0.493 e. The van der Waals surface area contributed by atoms with Gasteiger partial charge in [-0.2, -0.15) is 5.10 Å². The van der Waals surface area contributed by atoms with Gasteiger partial charge in [-0.1, -0.05) is 44.0 Å². The van der Waals surface area contributed by atoms with Crippen molar-refractivity contribution in [2.45, 2.75) is 39.8 Å². The SMILES string of the molecule is COc1cc2[nH]nc(-c3cnc(N4CC(C)(CNC(C)C)C4)nc3)c2cc1O[C@H](C)c1c(Cl)cncc1Cl. The molecule has 0 aliphatic carbocycles. The molecule has 9 nitrogen and oxygen atoms in total. The molecule has 1 aliphatic heterocycles. The monoisotopic (exact) mass is 555 g/mol. The van der Waals surface area contributed by atoms with Gasteiger partial charge < -0.3 is 19.7 Å². The molecule has 4 heterocycles. The van der Waals surface area contributed by atoms with E-state index in [4.69, 9.17) is 32.7 Å². The van der Waals surface area contributed by atoms with Gasteiger partial charge in [-0.15, -0.1) is 0 Å². The van der Waals surface area contributed by atoms with Gasteiger partial charge in [-0.25, -0.2) is 9.97 Å². The number of fused-ring (bicyclic) bond motifs is 1. The summed E-state index contributed by atoms with van der Waals surface area (Å²) in [6.07, 6.45) is 6.27. The first-order valence-corrected chi connectivity index (χ1v) is 13.3. The number of hydrogen-bond donors (Lipinski definition) is 2. The second-order valence-corrected chi connectivity index (χ2v) is 11.2. The van der Waals surface area contributed by atoms with Crippen molar-refractivity contribution in [1.82, 2.24) is 30.5 Å². The number of methoxy groups -OCH3 is 1. The Morgan fingerprint density at radius 1 is 1.05 bits per heavy atom. The van der Waals surface area contributed by atoms with Crippen LogP contribution in [0.2, 0.25) is 10.0 Å². The molecule has 0 spiro atoms. The molecule has 1 atom stereocenters. The standard InChI is InChI=1S/C27H31Cl2N7O2/c1-15(2)33-12-27(4)13-36(14-27)26-31-8-17(9-32-26)25-18-6-23(22(37-5)7-21(18)34-35-25)38-16(3)24-19(28)10-30-11-20(24)29/h6-11,15-16,33H,12-14H2,1-5H3,(H,34,35)/t16-/m1/s1. The van der Waals surface area contributed by atoms with E-state index in [1.807, 2.05) is 31.5 Å². The van der Waals surface area contributed by atoms with Crippen LogP contribution >= 0.6 is 23.2 Å². The lowest BCUT2D eigenvalue weighted by molar-refractivity contribution is 0.216. The summed E-state index contributed by atoms with van der Waals surface area (Å²) in [5.41, 5.74) is 3.21. The summed E-state index contributed by atoms with van der Waals surface area (Å²) in [6, 6.07) is 4.22. The van der Waals surface area contributed by atoms with Crippen molar-refractivity contribution in [3.63, 3.8) is 0 Å². The van der Waals surface area contributed by atoms with Crippen molar-refractivity contribution in [2.75, 3.05) is 31.6 Å². The molecule has 2 N–H and O–H groups in total.